The predicted molar refractivity (Wildman–Crippen MR) is 110 cm³/mol. The fraction of sp³-hybridized carbons (Fsp3) is 0.882. The van der Waals surface area contributed by atoms with Crippen LogP contribution in [0.3, 0.4) is 0 Å². The van der Waals surface area contributed by atoms with Crippen molar-refractivity contribution in [2.75, 3.05) is 37.7 Å². The molecule has 0 unspecified atom stereocenters. The molecule has 10 nitrogen and oxygen atoms in total. The first-order valence-corrected chi connectivity index (χ1v) is 13.1. The van der Waals surface area contributed by atoms with Crippen LogP contribution >= 0.6 is 0 Å². The van der Waals surface area contributed by atoms with Gasteiger partial charge >= 0.3 is 0 Å². The van der Waals surface area contributed by atoms with Crippen molar-refractivity contribution in [3.8, 4) is 0 Å². The summed E-state index contributed by atoms with van der Waals surface area (Å²) in [4.78, 5) is 27.5. The van der Waals surface area contributed by atoms with E-state index in [0.717, 1.165) is 12.8 Å². The van der Waals surface area contributed by atoms with Gasteiger partial charge in [-0.15, -0.1) is 0 Å². The molecule has 0 heterocycles. The van der Waals surface area contributed by atoms with Gasteiger partial charge in [-0.05, 0) is 19.3 Å². The predicted octanol–water partition coefficient (Wildman–Crippen LogP) is 1.19. The molecule has 0 spiro atoms. The van der Waals surface area contributed by atoms with Gasteiger partial charge in [-0.2, -0.15) is 16.8 Å². The van der Waals surface area contributed by atoms with Crippen LogP contribution < -0.4 is 0 Å². The zero-order valence-corrected chi connectivity index (χ0v) is 18.9. The average molecular weight is 459 g/mol. The van der Waals surface area contributed by atoms with E-state index in [0.29, 0.717) is 25.9 Å². The molecule has 0 rings (SSSR count). The van der Waals surface area contributed by atoms with Crippen LogP contribution in [0.5, 0.6) is 0 Å². The Kier molecular flexibility index (Phi) is 13.3. The smallest absolute Gasteiger partial charge is 0.266 e. The molecule has 2 amide bonds. The van der Waals surface area contributed by atoms with Crippen LogP contribution in [0, 0.1) is 0 Å². The zero-order valence-electron chi connectivity index (χ0n) is 17.2. The lowest BCUT2D eigenvalue weighted by atomic mass is 10.2. The molecule has 0 radical (unpaired) electrons. The van der Waals surface area contributed by atoms with Gasteiger partial charge in [-0.3, -0.25) is 18.7 Å². The lowest BCUT2D eigenvalue weighted by molar-refractivity contribution is -0.132. The number of hydrogen-bond acceptors (Lipinski definition) is 6. The van der Waals surface area contributed by atoms with Crippen molar-refractivity contribution >= 4 is 32.1 Å². The van der Waals surface area contributed by atoms with E-state index in [2.05, 4.69) is 0 Å². The first-order valence-electron chi connectivity index (χ1n) is 9.85. The van der Waals surface area contributed by atoms with Gasteiger partial charge in [0, 0.05) is 39.0 Å². The molecular weight excluding hydrogens is 424 g/mol. The highest BCUT2D eigenvalue weighted by Gasteiger charge is 2.19. The monoisotopic (exact) mass is 458 g/mol. The van der Waals surface area contributed by atoms with Crippen molar-refractivity contribution in [3.05, 3.63) is 0 Å². The Morgan fingerprint density at radius 3 is 1.28 bits per heavy atom. The summed E-state index contributed by atoms with van der Waals surface area (Å²) in [5.41, 5.74) is 0. The summed E-state index contributed by atoms with van der Waals surface area (Å²) in [5.74, 6) is -1.68. The molecule has 172 valence electrons. The number of unbranched alkanes of at least 4 members (excludes halogenated alkanes) is 2. The highest BCUT2D eigenvalue weighted by Crippen LogP contribution is 2.08. The van der Waals surface area contributed by atoms with Gasteiger partial charge in [-0.25, -0.2) is 0 Å². The lowest BCUT2D eigenvalue weighted by Crippen LogP contribution is -2.37. The second kappa shape index (κ2) is 13.9. The second-order valence-corrected chi connectivity index (χ2v) is 10.0. The Labute approximate surface area is 174 Å². The normalized spacial score (nSPS) is 12.0. The van der Waals surface area contributed by atoms with Gasteiger partial charge in [-0.1, -0.05) is 26.7 Å². The number of hydrogen-bond donors (Lipinski definition) is 2. The maximum atomic E-state index is 12.4. The summed E-state index contributed by atoms with van der Waals surface area (Å²) in [6, 6.07) is 0. The van der Waals surface area contributed by atoms with Crippen LogP contribution in [0.2, 0.25) is 0 Å². The summed E-state index contributed by atoms with van der Waals surface area (Å²) in [7, 11) is -8.35. The molecular formula is C17H34N2O8S2. The molecule has 0 aliphatic carbocycles. The van der Waals surface area contributed by atoms with E-state index in [9.17, 15) is 26.4 Å². The molecule has 0 aromatic heterocycles. The number of nitrogens with zero attached hydrogens (tertiary/aromatic N) is 2. The molecule has 0 aliphatic heterocycles. The van der Waals surface area contributed by atoms with E-state index in [1.807, 2.05) is 13.8 Å². The first kappa shape index (κ1) is 27.8. The van der Waals surface area contributed by atoms with Crippen molar-refractivity contribution in [1.29, 1.82) is 0 Å². The third kappa shape index (κ3) is 15.3. The van der Waals surface area contributed by atoms with Gasteiger partial charge in [0.1, 0.15) is 0 Å². The summed E-state index contributed by atoms with van der Waals surface area (Å²) < 4.78 is 61.5. The molecule has 0 saturated carbocycles. The molecule has 0 aromatic rings. The molecule has 0 atom stereocenters. The third-order valence-corrected chi connectivity index (χ3v) is 5.69. The Bertz CT molecular complexity index is 647. The zero-order chi connectivity index (χ0) is 22.5. The Hall–Kier alpha value is -1.24. The molecule has 12 heteroatoms. The highest BCUT2D eigenvalue weighted by molar-refractivity contribution is 7.86. The maximum Gasteiger partial charge on any atom is 0.266 e. The summed E-state index contributed by atoms with van der Waals surface area (Å²) in [5, 5.41) is 0. The Morgan fingerprint density at radius 2 is 1.00 bits per heavy atom. The first-order chi connectivity index (χ1) is 13.4. The van der Waals surface area contributed by atoms with Crippen LogP contribution in [0.25, 0.3) is 0 Å². The van der Waals surface area contributed by atoms with Gasteiger partial charge in [0.25, 0.3) is 20.2 Å². The summed E-state index contributed by atoms with van der Waals surface area (Å²) in [6.07, 6.45) is 3.33. The molecule has 0 aliphatic rings. The van der Waals surface area contributed by atoms with Gasteiger partial charge in [0.2, 0.25) is 11.8 Å². The van der Waals surface area contributed by atoms with E-state index < -0.39 is 31.7 Å². The minimum Gasteiger partial charge on any atom is -0.342 e. The number of carbonyl (C=O) groups excluding carboxylic acids is 2. The quantitative estimate of drug-likeness (QED) is 0.328. The van der Waals surface area contributed by atoms with Crippen molar-refractivity contribution in [2.24, 2.45) is 0 Å². The van der Waals surface area contributed by atoms with E-state index >= 15 is 0 Å². The van der Waals surface area contributed by atoms with Crippen molar-refractivity contribution < 1.29 is 35.5 Å². The standard InChI is InChI=1S/C17H34N2O8S2/c1-3-5-10-18(12-14-28(22,23)24)16(20)8-7-9-17(21)19(11-6-4-2)13-15-29(25,26)27/h3-15H2,1-2H3,(H,22,23,24)(H,25,26,27). The van der Waals surface area contributed by atoms with Crippen LogP contribution in [-0.4, -0.2) is 85.2 Å². The number of carbonyl (C=O) groups is 2. The molecule has 2 N–H and O–H groups in total. The maximum absolute atomic E-state index is 12.4. The molecule has 0 bridgehead atoms. The van der Waals surface area contributed by atoms with Crippen LogP contribution in [0.4, 0.5) is 0 Å². The van der Waals surface area contributed by atoms with E-state index in [1.54, 1.807) is 0 Å². The van der Waals surface area contributed by atoms with Gasteiger partial charge in [0.15, 0.2) is 0 Å². The van der Waals surface area contributed by atoms with Gasteiger partial charge in [0.05, 0.1) is 11.5 Å². The second-order valence-electron chi connectivity index (χ2n) is 6.89. The fourth-order valence-corrected chi connectivity index (χ4v) is 3.48. The fourth-order valence-electron chi connectivity index (χ4n) is 2.58. The third-order valence-electron chi connectivity index (χ3n) is 4.29. The van der Waals surface area contributed by atoms with E-state index in [1.165, 1.54) is 9.80 Å². The molecule has 0 saturated heterocycles. The van der Waals surface area contributed by atoms with Crippen molar-refractivity contribution in [3.63, 3.8) is 0 Å². The van der Waals surface area contributed by atoms with E-state index in [4.69, 9.17) is 9.11 Å². The van der Waals surface area contributed by atoms with Crippen molar-refractivity contribution in [1.82, 2.24) is 9.80 Å². The minimum absolute atomic E-state index is 0.0425. The topological polar surface area (TPSA) is 149 Å². The lowest BCUT2D eigenvalue weighted by Gasteiger charge is -2.23. The van der Waals surface area contributed by atoms with Crippen LogP contribution in [0.1, 0.15) is 58.8 Å². The van der Waals surface area contributed by atoms with E-state index in [-0.39, 0.29) is 44.2 Å². The average Bonchev–Trinajstić information content (AvgIpc) is 2.59. The van der Waals surface area contributed by atoms with Crippen molar-refractivity contribution in [2.45, 2.75) is 58.8 Å². The van der Waals surface area contributed by atoms with Gasteiger partial charge < -0.3 is 9.80 Å². The Morgan fingerprint density at radius 1 is 0.655 bits per heavy atom. The molecule has 0 fully saturated rings. The van der Waals surface area contributed by atoms with Crippen LogP contribution in [-0.2, 0) is 29.8 Å². The molecule has 29 heavy (non-hydrogen) atoms. The van der Waals surface area contributed by atoms with Crippen LogP contribution in [0.15, 0.2) is 0 Å². The molecule has 0 aromatic carbocycles. The Balaban J connectivity index is 4.68. The highest BCUT2D eigenvalue weighted by atomic mass is 32.2. The number of amides is 2. The SMILES string of the molecule is CCCCN(CCS(=O)(=O)O)C(=O)CCCC(=O)N(CCCC)CCS(=O)(=O)O. The summed E-state index contributed by atoms with van der Waals surface area (Å²) >= 11 is 0. The number of rotatable bonds is 16. The largest absolute Gasteiger partial charge is 0.342 e. The summed E-state index contributed by atoms with van der Waals surface area (Å²) in [6.45, 7) is 4.39. The minimum atomic E-state index is -4.17.